The lowest BCUT2D eigenvalue weighted by Crippen LogP contribution is -2.14. The second-order valence-corrected chi connectivity index (χ2v) is 6.60. The number of anilines is 2. The van der Waals surface area contributed by atoms with Crippen LogP contribution in [0.4, 0.5) is 11.4 Å². The van der Waals surface area contributed by atoms with E-state index in [1.807, 2.05) is 38.1 Å². The van der Waals surface area contributed by atoms with Gasteiger partial charge in [0.25, 0.3) is 5.91 Å². The van der Waals surface area contributed by atoms with E-state index in [1.54, 1.807) is 12.3 Å². The number of carbonyl (C=O) groups is 1. The van der Waals surface area contributed by atoms with Crippen LogP contribution < -0.4 is 10.6 Å². The summed E-state index contributed by atoms with van der Waals surface area (Å²) in [5.41, 5.74) is 6.69. The van der Waals surface area contributed by atoms with Crippen LogP contribution in [0.15, 0.2) is 60.8 Å². The molecule has 2 N–H and O–H groups in total. The fraction of sp³-hybridized carbons (Fsp3) is 0.182. The minimum absolute atomic E-state index is 0.214. The lowest BCUT2D eigenvalue weighted by Gasteiger charge is -2.10. The van der Waals surface area contributed by atoms with Crippen molar-refractivity contribution in [3.63, 3.8) is 0 Å². The summed E-state index contributed by atoms with van der Waals surface area (Å²) >= 11 is 0. The van der Waals surface area contributed by atoms with Gasteiger partial charge >= 0.3 is 0 Å². The van der Waals surface area contributed by atoms with Crippen LogP contribution >= 0.6 is 0 Å². The summed E-state index contributed by atoms with van der Waals surface area (Å²) in [5, 5.41) is 6.26. The molecule has 1 aromatic heterocycles. The second kappa shape index (κ2) is 7.83. The Bertz CT molecular complexity index is 914. The molecular weight excluding hydrogens is 322 g/mol. The van der Waals surface area contributed by atoms with Gasteiger partial charge in [0.1, 0.15) is 5.69 Å². The SMILES string of the molecule is Cc1cccc(CNc2ccnc(C(=O)Nc3cc(C)cc(C)c3)c2)c1. The van der Waals surface area contributed by atoms with Crippen molar-refractivity contribution < 1.29 is 4.79 Å². The van der Waals surface area contributed by atoms with Crippen molar-refractivity contribution >= 4 is 17.3 Å². The van der Waals surface area contributed by atoms with Crippen LogP contribution in [0.1, 0.15) is 32.7 Å². The average molecular weight is 345 g/mol. The maximum absolute atomic E-state index is 12.5. The number of amides is 1. The molecule has 3 aromatic rings. The van der Waals surface area contributed by atoms with Crippen molar-refractivity contribution in [1.29, 1.82) is 0 Å². The molecule has 4 heteroatoms. The van der Waals surface area contributed by atoms with Crippen molar-refractivity contribution in [2.24, 2.45) is 0 Å². The van der Waals surface area contributed by atoms with E-state index in [-0.39, 0.29) is 5.91 Å². The van der Waals surface area contributed by atoms with Crippen molar-refractivity contribution in [1.82, 2.24) is 4.98 Å². The van der Waals surface area contributed by atoms with Gasteiger partial charge in [0.15, 0.2) is 0 Å². The van der Waals surface area contributed by atoms with E-state index in [2.05, 4.69) is 46.8 Å². The molecule has 26 heavy (non-hydrogen) atoms. The highest BCUT2D eigenvalue weighted by Crippen LogP contribution is 2.16. The van der Waals surface area contributed by atoms with Gasteiger partial charge in [-0.3, -0.25) is 9.78 Å². The molecule has 0 aliphatic rings. The Hall–Kier alpha value is -3.14. The Morgan fingerprint density at radius 3 is 2.38 bits per heavy atom. The first-order valence-electron chi connectivity index (χ1n) is 8.65. The molecule has 0 aliphatic heterocycles. The number of hydrogen-bond donors (Lipinski definition) is 2. The molecule has 4 nitrogen and oxygen atoms in total. The number of aryl methyl sites for hydroxylation is 3. The fourth-order valence-corrected chi connectivity index (χ4v) is 2.93. The molecule has 1 heterocycles. The van der Waals surface area contributed by atoms with Crippen LogP contribution in [0.2, 0.25) is 0 Å². The van der Waals surface area contributed by atoms with Crippen LogP contribution in [0.25, 0.3) is 0 Å². The Morgan fingerprint density at radius 2 is 1.65 bits per heavy atom. The summed E-state index contributed by atoms with van der Waals surface area (Å²) in [4.78, 5) is 16.7. The zero-order valence-electron chi connectivity index (χ0n) is 15.3. The average Bonchev–Trinajstić information content (AvgIpc) is 2.59. The quantitative estimate of drug-likeness (QED) is 0.693. The van der Waals surface area contributed by atoms with E-state index in [9.17, 15) is 4.79 Å². The number of nitrogens with one attached hydrogen (secondary N) is 2. The maximum atomic E-state index is 12.5. The van der Waals surface area contributed by atoms with E-state index in [0.29, 0.717) is 12.2 Å². The summed E-state index contributed by atoms with van der Waals surface area (Å²) in [5.74, 6) is -0.214. The number of nitrogens with zero attached hydrogens (tertiary/aromatic N) is 1. The molecule has 0 aliphatic carbocycles. The number of pyridine rings is 1. The summed E-state index contributed by atoms with van der Waals surface area (Å²) in [6.07, 6.45) is 1.65. The Kier molecular flexibility index (Phi) is 5.32. The minimum atomic E-state index is -0.214. The molecule has 0 saturated heterocycles. The van der Waals surface area contributed by atoms with Gasteiger partial charge in [-0.25, -0.2) is 0 Å². The summed E-state index contributed by atoms with van der Waals surface area (Å²) in [7, 11) is 0. The van der Waals surface area contributed by atoms with Crippen LogP contribution in [-0.4, -0.2) is 10.9 Å². The molecule has 0 atom stereocenters. The molecular formula is C22H23N3O. The zero-order valence-corrected chi connectivity index (χ0v) is 15.3. The number of hydrogen-bond acceptors (Lipinski definition) is 3. The van der Waals surface area contributed by atoms with Crippen molar-refractivity contribution in [3.05, 3.63) is 88.7 Å². The number of aromatic nitrogens is 1. The monoisotopic (exact) mass is 345 g/mol. The summed E-state index contributed by atoms with van der Waals surface area (Å²) < 4.78 is 0. The van der Waals surface area contributed by atoms with Gasteiger partial charge < -0.3 is 10.6 Å². The van der Waals surface area contributed by atoms with Gasteiger partial charge in [-0.05, 0) is 61.7 Å². The lowest BCUT2D eigenvalue weighted by atomic mass is 10.1. The highest BCUT2D eigenvalue weighted by atomic mass is 16.1. The third-order valence-electron chi connectivity index (χ3n) is 4.05. The van der Waals surface area contributed by atoms with Crippen molar-refractivity contribution in [2.45, 2.75) is 27.3 Å². The van der Waals surface area contributed by atoms with Gasteiger partial charge in [0, 0.05) is 24.1 Å². The molecule has 0 unspecified atom stereocenters. The number of carbonyl (C=O) groups excluding carboxylic acids is 1. The first-order valence-corrected chi connectivity index (χ1v) is 8.65. The molecule has 0 fully saturated rings. The smallest absolute Gasteiger partial charge is 0.274 e. The van der Waals surface area contributed by atoms with E-state index < -0.39 is 0 Å². The Morgan fingerprint density at radius 1 is 0.885 bits per heavy atom. The predicted molar refractivity (Wildman–Crippen MR) is 107 cm³/mol. The minimum Gasteiger partial charge on any atom is -0.381 e. The maximum Gasteiger partial charge on any atom is 0.274 e. The zero-order chi connectivity index (χ0) is 18.5. The van der Waals surface area contributed by atoms with Crippen molar-refractivity contribution in [2.75, 3.05) is 10.6 Å². The van der Waals surface area contributed by atoms with E-state index in [0.717, 1.165) is 22.5 Å². The highest BCUT2D eigenvalue weighted by Gasteiger charge is 2.09. The molecule has 3 rings (SSSR count). The standard InChI is InChI=1S/C22H23N3O/c1-15-5-4-6-18(10-15)14-24-19-7-8-23-21(13-19)22(26)25-20-11-16(2)9-17(3)12-20/h4-13H,14H2,1-3H3,(H,23,24)(H,25,26). The molecule has 0 radical (unpaired) electrons. The number of rotatable bonds is 5. The van der Waals surface area contributed by atoms with Crippen LogP contribution in [-0.2, 0) is 6.54 Å². The summed E-state index contributed by atoms with van der Waals surface area (Å²) in [6.45, 7) is 6.79. The highest BCUT2D eigenvalue weighted by molar-refractivity contribution is 6.03. The molecule has 132 valence electrons. The molecule has 0 saturated carbocycles. The van der Waals surface area contributed by atoms with Crippen molar-refractivity contribution in [3.8, 4) is 0 Å². The summed E-state index contributed by atoms with van der Waals surface area (Å²) in [6, 6.07) is 17.9. The van der Waals surface area contributed by atoms with Crippen LogP contribution in [0.5, 0.6) is 0 Å². The third-order valence-corrected chi connectivity index (χ3v) is 4.05. The molecule has 2 aromatic carbocycles. The van der Waals surface area contributed by atoms with Gasteiger partial charge in [0.2, 0.25) is 0 Å². The van der Waals surface area contributed by atoms with Gasteiger partial charge in [0.05, 0.1) is 0 Å². The molecule has 1 amide bonds. The van der Waals surface area contributed by atoms with E-state index >= 15 is 0 Å². The van der Waals surface area contributed by atoms with Gasteiger partial charge in [-0.1, -0.05) is 35.9 Å². The fourth-order valence-electron chi connectivity index (χ4n) is 2.93. The van der Waals surface area contributed by atoms with Crippen LogP contribution in [0, 0.1) is 20.8 Å². The normalized spacial score (nSPS) is 10.4. The molecule has 0 spiro atoms. The van der Waals surface area contributed by atoms with E-state index in [4.69, 9.17) is 0 Å². The molecule has 0 bridgehead atoms. The first-order chi connectivity index (χ1) is 12.5. The van der Waals surface area contributed by atoms with Gasteiger partial charge in [-0.15, -0.1) is 0 Å². The van der Waals surface area contributed by atoms with Crippen LogP contribution in [0.3, 0.4) is 0 Å². The van der Waals surface area contributed by atoms with E-state index in [1.165, 1.54) is 11.1 Å². The predicted octanol–water partition coefficient (Wildman–Crippen LogP) is 4.87. The third kappa shape index (κ3) is 4.70. The second-order valence-electron chi connectivity index (χ2n) is 6.60. The largest absolute Gasteiger partial charge is 0.381 e. The van der Waals surface area contributed by atoms with Gasteiger partial charge in [-0.2, -0.15) is 0 Å². The lowest BCUT2D eigenvalue weighted by molar-refractivity contribution is 0.102. The first kappa shape index (κ1) is 17.7. The Labute approximate surface area is 154 Å². The topological polar surface area (TPSA) is 54.0 Å². The Balaban J connectivity index is 1.69. The number of benzene rings is 2.